The lowest BCUT2D eigenvalue weighted by Gasteiger charge is -2.14. The molecule has 0 aromatic heterocycles. The highest BCUT2D eigenvalue weighted by Crippen LogP contribution is 2.30. The van der Waals surface area contributed by atoms with Crippen molar-refractivity contribution in [2.45, 2.75) is 31.3 Å². The van der Waals surface area contributed by atoms with Crippen LogP contribution in [0.1, 0.15) is 19.3 Å². The number of rotatable bonds is 3. The van der Waals surface area contributed by atoms with E-state index in [1.807, 2.05) is 0 Å². The van der Waals surface area contributed by atoms with Crippen molar-refractivity contribution in [2.24, 2.45) is 5.73 Å². The average molecular weight is 300 g/mol. The first kappa shape index (κ1) is 12.3. The number of nitrogens with two attached hydrogens (primary N) is 1. The Morgan fingerprint density at radius 2 is 2.24 bits per heavy atom. The maximum Gasteiger partial charge on any atom is 0.293 e. The first-order chi connectivity index (χ1) is 8.06. The van der Waals surface area contributed by atoms with Gasteiger partial charge in [0.25, 0.3) is 5.69 Å². The summed E-state index contributed by atoms with van der Waals surface area (Å²) in [5.74, 6) is 0. The van der Waals surface area contributed by atoms with Gasteiger partial charge in [0.05, 0.1) is 4.92 Å². The third kappa shape index (κ3) is 2.95. The maximum atomic E-state index is 10.9. The summed E-state index contributed by atoms with van der Waals surface area (Å²) in [7, 11) is 0. The van der Waals surface area contributed by atoms with Crippen LogP contribution in [0.3, 0.4) is 0 Å². The van der Waals surface area contributed by atoms with E-state index in [-0.39, 0.29) is 22.7 Å². The first-order valence-corrected chi connectivity index (χ1v) is 6.31. The van der Waals surface area contributed by atoms with Crippen LogP contribution in [0.25, 0.3) is 0 Å². The van der Waals surface area contributed by atoms with Crippen molar-refractivity contribution in [3.63, 3.8) is 0 Å². The molecular formula is C11H14BrN3O2. The van der Waals surface area contributed by atoms with E-state index in [1.54, 1.807) is 12.1 Å². The van der Waals surface area contributed by atoms with Crippen LogP contribution in [0.4, 0.5) is 11.4 Å². The molecule has 0 amide bonds. The highest BCUT2D eigenvalue weighted by Gasteiger charge is 2.24. The van der Waals surface area contributed by atoms with Crippen molar-refractivity contribution in [2.75, 3.05) is 5.32 Å². The maximum absolute atomic E-state index is 10.9. The normalized spacial score (nSPS) is 23.6. The summed E-state index contributed by atoms with van der Waals surface area (Å²) in [5, 5.41) is 14.1. The second-order valence-corrected chi connectivity index (χ2v) is 5.25. The smallest absolute Gasteiger partial charge is 0.293 e. The summed E-state index contributed by atoms with van der Waals surface area (Å²) in [4.78, 5) is 10.6. The van der Waals surface area contributed by atoms with Crippen LogP contribution in [0.15, 0.2) is 22.7 Å². The molecule has 92 valence electrons. The van der Waals surface area contributed by atoms with E-state index in [4.69, 9.17) is 5.73 Å². The van der Waals surface area contributed by atoms with Crippen LogP contribution in [-0.4, -0.2) is 17.0 Å². The van der Waals surface area contributed by atoms with Crippen molar-refractivity contribution in [3.8, 4) is 0 Å². The molecule has 3 N–H and O–H groups in total. The topological polar surface area (TPSA) is 81.2 Å². The lowest BCUT2D eigenvalue weighted by Crippen LogP contribution is -2.21. The molecule has 2 atom stereocenters. The molecule has 0 aliphatic heterocycles. The van der Waals surface area contributed by atoms with Gasteiger partial charge in [0.15, 0.2) is 0 Å². The summed E-state index contributed by atoms with van der Waals surface area (Å²) < 4.78 is 0.706. The van der Waals surface area contributed by atoms with Crippen molar-refractivity contribution < 1.29 is 4.92 Å². The molecule has 2 rings (SSSR count). The molecule has 1 aromatic rings. The molecule has 5 nitrogen and oxygen atoms in total. The molecule has 0 heterocycles. The third-order valence-electron chi connectivity index (χ3n) is 2.99. The zero-order valence-electron chi connectivity index (χ0n) is 9.23. The van der Waals surface area contributed by atoms with Gasteiger partial charge in [-0.15, -0.1) is 0 Å². The lowest BCUT2D eigenvalue weighted by molar-refractivity contribution is -0.384. The van der Waals surface area contributed by atoms with Crippen LogP contribution in [0, 0.1) is 10.1 Å². The monoisotopic (exact) mass is 299 g/mol. The molecule has 17 heavy (non-hydrogen) atoms. The Morgan fingerprint density at radius 3 is 2.82 bits per heavy atom. The van der Waals surface area contributed by atoms with E-state index < -0.39 is 0 Å². The summed E-state index contributed by atoms with van der Waals surface area (Å²) in [6.07, 6.45) is 2.81. The van der Waals surface area contributed by atoms with Crippen molar-refractivity contribution in [3.05, 3.63) is 32.8 Å². The quantitative estimate of drug-likeness (QED) is 0.664. The van der Waals surface area contributed by atoms with Gasteiger partial charge in [-0.2, -0.15) is 0 Å². The fraction of sp³-hybridized carbons (Fsp3) is 0.455. The molecule has 2 unspecified atom stereocenters. The summed E-state index contributed by atoms with van der Waals surface area (Å²) in [6.45, 7) is 0. The van der Waals surface area contributed by atoms with Crippen LogP contribution < -0.4 is 11.1 Å². The highest BCUT2D eigenvalue weighted by molar-refractivity contribution is 9.10. The molecule has 1 fully saturated rings. The summed E-state index contributed by atoms with van der Waals surface area (Å²) in [6, 6.07) is 5.49. The molecular weight excluding hydrogens is 286 g/mol. The second-order valence-electron chi connectivity index (χ2n) is 4.33. The number of halogens is 1. The van der Waals surface area contributed by atoms with Gasteiger partial charge in [0.1, 0.15) is 5.69 Å². The first-order valence-electron chi connectivity index (χ1n) is 5.52. The zero-order chi connectivity index (χ0) is 12.4. The molecule has 1 aliphatic carbocycles. The molecule has 1 saturated carbocycles. The predicted octanol–water partition coefficient (Wildman–Crippen LogP) is 2.65. The van der Waals surface area contributed by atoms with Crippen LogP contribution in [0.2, 0.25) is 0 Å². The third-order valence-corrected chi connectivity index (χ3v) is 3.48. The van der Waals surface area contributed by atoms with Gasteiger partial charge in [-0.05, 0) is 31.4 Å². The summed E-state index contributed by atoms with van der Waals surface area (Å²) in [5.41, 5.74) is 6.48. The Labute approximate surface area is 108 Å². The molecule has 0 bridgehead atoms. The van der Waals surface area contributed by atoms with Gasteiger partial charge in [-0.25, -0.2) is 0 Å². The lowest BCUT2D eigenvalue weighted by atomic mass is 10.2. The number of nitrogens with zero attached hydrogens (tertiary/aromatic N) is 1. The van der Waals surface area contributed by atoms with Gasteiger partial charge in [-0.1, -0.05) is 15.9 Å². The number of benzene rings is 1. The molecule has 1 aromatic carbocycles. The molecule has 6 heteroatoms. The van der Waals surface area contributed by atoms with E-state index >= 15 is 0 Å². The number of nitro benzene ring substituents is 1. The molecule has 0 saturated heterocycles. The van der Waals surface area contributed by atoms with Crippen LogP contribution in [-0.2, 0) is 0 Å². The molecule has 0 spiro atoms. The minimum Gasteiger partial charge on any atom is -0.377 e. The van der Waals surface area contributed by atoms with E-state index in [9.17, 15) is 10.1 Å². The minimum absolute atomic E-state index is 0.0971. The number of hydrogen-bond acceptors (Lipinski definition) is 4. The van der Waals surface area contributed by atoms with Crippen LogP contribution >= 0.6 is 15.9 Å². The van der Waals surface area contributed by atoms with Crippen molar-refractivity contribution in [1.82, 2.24) is 0 Å². The summed E-state index contributed by atoms with van der Waals surface area (Å²) >= 11 is 3.23. The molecule has 1 aliphatic rings. The average Bonchev–Trinajstić information content (AvgIpc) is 2.66. The Balaban J connectivity index is 2.17. The van der Waals surface area contributed by atoms with Gasteiger partial charge in [0, 0.05) is 22.6 Å². The Bertz CT molecular complexity index is 439. The Morgan fingerprint density at radius 1 is 1.47 bits per heavy atom. The van der Waals surface area contributed by atoms with E-state index in [1.165, 1.54) is 6.07 Å². The second kappa shape index (κ2) is 5.01. The van der Waals surface area contributed by atoms with Crippen molar-refractivity contribution in [1.29, 1.82) is 0 Å². The highest BCUT2D eigenvalue weighted by atomic mass is 79.9. The predicted molar refractivity (Wildman–Crippen MR) is 70.0 cm³/mol. The number of anilines is 1. The van der Waals surface area contributed by atoms with Gasteiger partial charge in [0.2, 0.25) is 0 Å². The standard InChI is InChI=1S/C11H14BrN3O2/c12-7-1-4-10(11(5-7)15(16)17)14-9-3-2-8(13)6-9/h1,4-5,8-9,14H,2-3,6,13H2. The SMILES string of the molecule is NC1CCC(Nc2ccc(Br)cc2[N+](=O)[O-])C1. The van der Waals surface area contributed by atoms with E-state index in [0.717, 1.165) is 19.3 Å². The molecule has 0 radical (unpaired) electrons. The van der Waals surface area contributed by atoms with Crippen LogP contribution in [0.5, 0.6) is 0 Å². The fourth-order valence-corrected chi connectivity index (χ4v) is 2.49. The van der Waals surface area contributed by atoms with Gasteiger partial charge >= 0.3 is 0 Å². The van der Waals surface area contributed by atoms with Gasteiger partial charge < -0.3 is 11.1 Å². The zero-order valence-corrected chi connectivity index (χ0v) is 10.8. The minimum atomic E-state index is -0.373. The van der Waals surface area contributed by atoms with E-state index in [2.05, 4.69) is 21.2 Å². The van der Waals surface area contributed by atoms with Gasteiger partial charge in [-0.3, -0.25) is 10.1 Å². The van der Waals surface area contributed by atoms with Crippen molar-refractivity contribution >= 4 is 27.3 Å². The largest absolute Gasteiger partial charge is 0.377 e. The Hall–Kier alpha value is -1.14. The number of nitrogens with one attached hydrogen (secondary N) is 1. The van der Waals surface area contributed by atoms with E-state index in [0.29, 0.717) is 10.2 Å². The Kier molecular flexibility index (Phi) is 3.63. The number of hydrogen-bond donors (Lipinski definition) is 2. The fourth-order valence-electron chi connectivity index (χ4n) is 2.15. The number of nitro groups is 1.